The largest absolute Gasteiger partial charge is 0.490 e. The van der Waals surface area contributed by atoms with E-state index in [2.05, 4.69) is 30.4 Å². The monoisotopic (exact) mass is 764 g/mol. The quantitative estimate of drug-likeness (QED) is 0.142. The number of fused-ring (bicyclic) bond motifs is 2. The summed E-state index contributed by atoms with van der Waals surface area (Å²) in [5.41, 5.74) is 2.83. The minimum atomic E-state index is -3.22. The van der Waals surface area contributed by atoms with Crippen LogP contribution in [0.25, 0.3) is 33.8 Å². The smallest absolute Gasteiger partial charge is 0.304 e. The van der Waals surface area contributed by atoms with Gasteiger partial charge in [-0.2, -0.15) is 17.6 Å². The van der Waals surface area contributed by atoms with Crippen molar-refractivity contribution in [2.24, 2.45) is 0 Å². The van der Waals surface area contributed by atoms with Gasteiger partial charge in [-0.25, -0.2) is 22.0 Å². The highest BCUT2D eigenvalue weighted by atomic mass is 19.3. The fourth-order valence-electron chi connectivity index (χ4n) is 5.99. The molecule has 2 aliphatic rings. The summed E-state index contributed by atoms with van der Waals surface area (Å²) >= 11 is 0. The summed E-state index contributed by atoms with van der Waals surface area (Å²) in [5.74, 6) is -13.2. The summed E-state index contributed by atoms with van der Waals surface area (Å²) in [7, 11) is 0. The normalized spacial score (nSPS) is 17.1. The second kappa shape index (κ2) is 13.1. The zero-order chi connectivity index (χ0) is 38.8. The van der Waals surface area contributed by atoms with E-state index in [1.165, 1.54) is 41.3 Å². The van der Waals surface area contributed by atoms with Crippen LogP contribution in [0.4, 0.5) is 39.5 Å². The van der Waals surface area contributed by atoms with Crippen LogP contribution >= 0.6 is 0 Å². The zero-order valence-electron chi connectivity index (χ0n) is 28.6. The van der Waals surface area contributed by atoms with Crippen LogP contribution in [-0.2, 0) is 11.8 Å². The average molecular weight is 765 g/mol. The standard InChI is InChI=1S/C18H16F4N4O.C17H13F5N4O/c1-10-5-11(27-12-6-18(21,22)7-12)3-4-13(10)14-9-26-15(8-23-14)24-25-16(26)17(2,19)20;1-16(19,20)15-25-24-14-7-23-12(8-26(14)15)9-2-3-13(11(18)4-9)27-10-5-17(21,22)6-10/h3-5,8-9,12H,6-7H2,1-2H3;2-4,7-8,10H,5-6H2,1H3. The van der Waals surface area contributed by atoms with E-state index in [1.54, 1.807) is 18.2 Å². The molecule has 0 aliphatic heterocycles. The second-order valence-corrected chi connectivity index (χ2v) is 13.5. The van der Waals surface area contributed by atoms with Gasteiger partial charge < -0.3 is 9.47 Å². The Hall–Kier alpha value is -5.49. The molecule has 0 atom stereocenters. The lowest BCUT2D eigenvalue weighted by atomic mass is 9.91. The molecule has 0 radical (unpaired) electrons. The topological polar surface area (TPSA) is 105 Å². The number of ether oxygens (including phenoxy) is 2. The third-order valence-corrected chi connectivity index (χ3v) is 8.77. The second-order valence-electron chi connectivity index (χ2n) is 13.5. The van der Waals surface area contributed by atoms with E-state index in [0.717, 1.165) is 23.0 Å². The first-order valence-electron chi connectivity index (χ1n) is 16.4. The predicted molar refractivity (Wildman–Crippen MR) is 173 cm³/mol. The molecule has 4 aromatic heterocycles. The Morgan fingerprint density at radius 1 is 0.685 bits per heavy atom. The number of rotatable bonds is 8. The van der Waals surface area contributed by atoms with Gasteiger partial charge in [-0.15, -0.1) is 20.4 Å². The van der Waals surface area contributed by atoms with Crippen molar-refractivity contribution in [2.75, 3.05) is 0 Å². The van der Waals surface area contributed by atoms with Gasteiger partial charge in [-0.1, -0.05) is 0 Å². The first kappa shape index (κ1) is 36.9. The first-order chi connectivity index (χ1) is 25.2. The third kappa shape index (κ3) is 7.61. The summed E-state index contributed by atoms with van der Waals surface area (Å²) in [6.45, 7) is 3.26. The molecule has 0 saturated heterocycles. The van der Waals surface area contributed by atoms with Gasteiger partial charge in [-0.05, 0) is 48.9 Å². The Balaban J connectivity index is 0.000000167. The summed E-state index contributed by atoms with van der Waals surface area (Å²) in [6, 6.07) is 8.98. The lowest BCUT2D eigenvalue weighted by Gasteiger charge is -2.34. The number of hydrogen-bond acceptors (Lipinski definition) is 8. The molecule has 6 aromatic rings. The molecular weight excluding hydrogens is 735 g/mol. The van der Waals surface area contributed by atoms with E-state index in [4.69, 9.17) is 9.47 Å². The van der Waals surface area contributed by atoms with Gasteiger partial charge >= 0.3 is 11.8 Å². The fraction of sp³-hybridized carbons (Fsp3) is 0.371. The predicted octanol–water partition coefficient (Wildman–Crippen LogP) is 8.61. The number of alkyl halides is 8. The summed E-state index contributed by atoms with van der Waals surface area (Å²) in [4.78, 5) is 8.34. The molecule has 4 heterocycles. The lowest BCUT2D eigenvalue weighted by molar-refractivity contribution is -0.135. The van der Waals surface area contributed by atoms with Gasteiger partial charge in [0.1, 0.15) is 18.0 Å². The Bertz CT molecular complexity index is 2340. The molecule has 2 fully saturated rings. The Morgan fingerprint density at radius 3 is 1.70 bits per heavy atom. The van der Waals surface area contributed by atoms with Gasteiger partial charge in [0.2, 0.25) is 11.6 Å². The van der Waals surface area contributed by atoms with Gasteiger partial charge in [0.05, 0.1) is 23.8 Å². The molecule has 0 bridgehead atoms. The molecular formula is C35H29F9N8O2. The third-order valence-electron chi connectivity index (χ3n) is 8.77. The summed E-state index contributed by atoms with van der Waals surface area (Å²) in [6.07, 6.45) is 2.66. The number of hydrogen-bond donors (Lipinski definition) is 0. The van der Waals surface area contributed by atoms with Crippen molar-refractivity contribution in [3.05, 3.63) is 84.2 Å². The van der Waals surface area contributed by atoms with Crippen molar-refractivity contribution in [2.45, 2.75) is 82.4 Å². The SMILES string of the molecule is CC(F)(F)c1nnc2cnc(-c3ccc(OC4CC(F)(F)C4)c(F)c3)cn12.Cc1cc(OC2CC(F)(F)C2)ccc1-c1cn2c(C(C)(F)F)nnc2cn1. The zero-order valence-corrected chi connectivity index (χ0v) is 28.6. The van der Waals surface area contributed by atoms with E-state index >= 15 is 0 Å². The Kier molecular flexibility index (Phi) is 8.95. The molecule has 0 N–H and O–H groups in total. The molecule has 0 unspecified atom stereocenters. The van der Waals surface area contributed by atoms with Gasteiger partial charge in [-0.3, -0.25) is 18.8 Å². The number of benzene rings is 2. The Labute approximate surface area is 300 Å². The van der Waals surface area contributed by atoms with Crippen LogP contribution in [-0.4, -0.2) is 63.2 Å². The van der Waals surface area contributed by atoms with E-state index in [-0.39, 0.29) is 35.6 Å². The molecule has 0 spiro atoms. The van der Waals surface area contributed by atoms with Crippen molar-refractivity contribution in [1.82, 2.24) is 39.2 Å². The molecule has 54 heavy (non-hydrogen) atoms. The van der Waals surface area contributed by atoms with E-state index in [9.17, 15) is 39.5 Å². The van der Waals surface area contributed by atoms with Crippen molar-refractivity contribution in [3.8, 4) is 34.0 Å². The number of aryl methyl sites for hydroxylation is 1. The van der Waals surface area contributed by atoms with Gasteiger partial charge in [0, 0.05) is 63.1 Å². The van der Waals surface area contributed by atoms with Crippen LogP contribution in [0.1, 0.15) is 56.7 Å². The highest BCUT2D eigenvalue weighted by Gasteiger charge is 2.48. The van der Waals surface area contributed by atoms with Gasteiger partial charge in [0.25, 0.3) is 11.8 Å². The van der Waals surface area contributed by atoms with E-state index in [0.29, 0.717) is 29.5 Å². The van der Waals surface area contributed by atoms with Crippen LogP contribution in [0, 0.1) is 12.7 Å². The maximum Gasteiger partial charge on any atom is 0.304 e. The van der Waals surface area contributed by atoms with Gasteiger partial charge in [0.15, 0.2) is 22.9 Å². The molecule has 8 rings (SSSR count). The minimum absolute atomic E-state index is 0.126. The van der Waals surface area contributed by atoms with Crippen molar-refractivity contribution < 1.29 is 49.0 Å². The number of halogens is 9. The summed E-state index contributed by atoms with van der Waals surface area (Å²) in [5, 5.41) is 14.3. The number of aromatic nitrogens is 8. The number of nitrogens with zero attached hydrogens (tertiary/aromatic N) is 8. The molecule has 10 nitrogen and oxygen atoms in total. The van der Waals surface area contributed by atoms with E-state index in [1.807, 2.05) is 6.92 Å². The molecule has 0 amide bonds. The maximum atomic E-state index is 14.3. The highest BCUT2D eigenvalue weighted by molar-refractivity contribution is 5.65. The molecule has 284 valence electrons. The maximum absolute atomic E-state index is 14.3. The van der Waals surface area contributed by atoms with Crippen LogP contribution in [0.2, 0.25) is 0 Å². The van der Waals surface area contributed by atoms with Crippen molar-refractivity contribution in [1.29, 1.82) is 0 Å². The molecule has 19 heteroatoms. The molecule has 2 saturated carbocycles. The minimum Gasteiger partial charge on any atom is -0.490 e. The van der Waals surface area contributed by atoms with Crippen molar-refractivity contribution in [3.63, 3.8) is 0 Å². The van der Waals surface area contributed by atoms with Crippen LogP contribution in [0.15, 0.2) is 61.2 Å². The first-order valence-corrected chi connectivity index (χ1v) is 16.4. The van der Waals surface area contributed by atoms with Crippen LogP contribution < -0.4 is 9.47 Å². The Morgan fingerprint density at radius 2 is 1.20 bits per heavy atom. The highest BCUT2D eigenvalue weighted by Crippen LogP contribution is 2.41. The molecule has 2 aliphatic carbocycles. The summed E-state index contributed by atoms with van der Waals surface area (Å²) < 4.78 is 133. The average Bonchev–Trinajstić information content (AvgIpc) is 3.69. The fourth-order valence-corrected chi connectivity index (χ4v) is 5.99. The molecule has 2 aromatic carbocycles. The lowest BCUT2D eigenvalue weighted by Crippen LogP contribution is -2.43. The van der Waals surface area contributed by atoms with Crippen LogP contribution in [0.3, 0.4) is 0 Å². The van der Waals surface area contributed by atoms with Crippen LogP contribution in [0.5, 0.6) is 11.5 Å². The van der Waals surface area contributed by atoms with Crippen molar-refractivity contribution >= 4 is 11.3 Å². The van der Waals surface area contributed by atoms with E-state index < -0.39 is 66.2 Å².